The van der Waals surface area contributed by atoms with Crippen LogP contribution >= 0.6 is 0 Å². The van der Waals surface area contributed by atoms with Gasteiger partial charge in [-0.1, -0.05) is 58.8 Å². The van der Waals surface area contributed by atoms with Crippen molar-refractivity contribution < 1.29 is 4.79 Å². The highest BCUT2D eigenvalue weighted by Crippen LogP contribution is 2.16. The van der Waals surface area contributed by atoms with E-state index in [2.05, 4.69) is 13.8 Å². The summed E-state index contributed by atoms with van der Waals surface area (Å²) in [4.78, 5) is 10.3. The van der Waals surface area contributed by atoms with E-state index >= 15 is 0 Å². The minimum Gasteiger partial charge on any atom is -0.303 e. The maximum atomic E-state index is 10.3. The van der Waals surface area contributed by atoms with Crippen molar-refractivity contribution in [2.24, 2.45) is 5.92 Å². The molecule has 0 bridgehead atoms. The maximum absolute atomic E-state index is 10.3. The van der Waals surface area contributed by atoms with E-state index < -0.39 is 0 Å². The summed E-state index contributed by atoms with van der Waals surface area (Å²) in [5.41, 5.74) is 0. The lowest BCUT2D eigenvalue weighted by atomic mass is 9.95. The van der Waals surface area contributed by atoms with Gasteiger partial charge in [-0.25, -0.2) is 0 Å². The predicted octanol–water partition coefficient (Wildman–Crippen LogP) is 3.96. The Kier molecular flexibility index (Phi) is 9.51. The molecule has 0 fully saturated rings. The lowest BCUT2D eigenvalue weighted by Gasteiger charge is -2.10. The monoisotopic (exact) mass is 184 g/mol. The van der Waals surface area contributed by atoms with Gasteiger partial charge in [0.2, 0.25) is 0 Å². The average Bonchev–Trinajstić information content (AvgIpc) is 2.16. The highest BCUT2D eigenvalue weighted by Gasteiger charge is 2.04. The molecule has 0 aliphatic carbocycles. The molecule has 1 atom stereocenters. The zero-order valence-corrected chi connectivity index (χ0v) is 9.22. The molecule has 0 aromatic heterocycles. The van der Waals surface area contributed by atoms with Gasteiger partial charge in [0, 0.05) is 6.42 Å². The van der Waals surface area contributed by atoms with Crippen LogP contribution in [0.3, 0.4) is 0 Å². The molecule has 0 saturated carbocycles. The number of carbonyl (C=O) groups excluding carboxylic acids is 1. The van der Waals surface area contributed by atoms with Crippen LogP contribution in [0.25, 0.3) is 0 Å². The summed E-state index contributed by atoms with van der Waals surface area (Å²) >= 11 is 0. The van der Waals surface area contributed by atoms with Crippen LogP contribution in [0, 0.1) is 5.92 Å². The third-order valence-corrected chi connectivity index (χ3v) is 2.72. The van der Waals surface area contributed by atoms with Gasteiger partial charge in [-0.05, 0) is 5.92 Å². The largest absolute Gasteiger partial charge is 0.303 e. The molecule has 0 aliphatic rings. The summed E-state index contributed by atoms with van der Waals surface area (Å²) in [5.74, 6) is 0.652. The first-order valence-electron chi connectivity index (χ1n) is 5.78. The second-order valence-electron chi connectivity index (χ2n) is 3.88. The molecule has 0 radical (unpaired) electrons. The molecule has 0 spiro atoms. The molecule has 0 aliphatic heterocycles. The second-order valence-corrected chi connectivity index (χ2v) is 3.88. The van der Waals surface area contributed by atoms with E-state index in [0.717, 1.165) is 19.1 Å². The molecule has 1 nitrogen and oxygen atoms in total. The van der Waals surface area contributed by atoms with E-state index in [9.17, 15) is 4.79 Å². The third-order valence-electron chi connectivity index (χ3n) is 2.72. The SMILES string of the molecule is CCCCCCC[C@@H](CC)CC=O. The highest BCUT2D eigenvalue weighted by molar-refractivity contribution is 5.49. The molecule has 0 rings (SSSR count). The third kappa shape index (κ3) is 8.01. The van der Waals surface area contributed by atoms with Crippen LogP contribution in [0.15, 0.2) is 0 Å². The molecule has 13 heavy (non-hydrogen) atoms. The summed E-state index contributed by atoms with van der Waals surface area (Å²) < 4.78 is 0. The number of aldehydes is 1. The Hall–Kier alpha value is -0.330. The fourth-order valence-electron chi connectivity index (χ4n) is 1.66. The normalized spacial score (nSPS) is 12.8. The zero-order chi connectivity index (χ0) is 9.94. The molecular formula is C12H24O. The van der Waals surface area contributed by atoms with Crippen LogP contribution in [0.4, 0.5) is 0 Å². The van der Waals surface area contributed by atoms with E-state index in [0.29, 0.717) is 5.92 Å². The van der Waals surface area contributed by atoms with Gasteiger partial charge in [0.05, 0.1) is 0 Å². The van der Waals surface area contributed by atoms with Crippen LogP contribution < -0.4 is 0 Å². The van der Waals surface area contributed by atoms with Crippen LogP contribution in [0.2, 0.25) is 0 Å². The van der Waals surface area contributed by atoms with E-state index in [-0.39, 0.29) is 0 Å². The Morgan fingerprint density at radius 3 is 2.31 bits per heavy atom. The van der Waals surface area contributed by atoms with Gasteiger partial charge in [0.25, 0.3) is 0 Å². The van der Waals surface area contributed by atoms with Gasteiger partial charge >= 0.3 is 0 Å². The molecule has 0 N–H and O–H groups in total. The van der Waals surface area contributed by atoms with E-state index in [1.165, 1.54) is 38.5 Å². The lowest BCUT2D eigenvalue weighted by Crippen LogP contribution is -1.99. The fourth-order valence-corrected chi connectivity index (χ4v) is 1.66. The minimum atomic E-state index is 0.652. The first-order valence-corrected chi connectivity index (χ1v) is 5.78. The topological polar surface area (TPSA) is 17.1 Å². The van der Waals surface area contributed by atoms with Gasteiger partial charge in [0.1, 0.15) is 6.29 Å². The van der Waals surface area contributed by atoms with Crippen molar-refractivity contribution in [3.05, 3.63) is 0 Å². The van der Waals surface area contributed by atoms with Gasteiger partial charge in [-0.3, -0.25) is 0 Å². The van der Waals surface area contributed by atoms with E-state index in [1.54, 1.807) is 0 Å². The molecule has 78 valence electrons. The smallest absolute Gasteiger partial charge is 0.120 e. The van der Waals surface area contributed by atoms with Crippen molar-refractivity contribution in [2.45, 2.75) is 65.2 Å². The Morgan fingerprint density at radius 1 is 1.08 bits per heavy atom. The van der Waals surface area contributed by atoms with Crippen LogP contribution in [0.5, 0.6) is 0 Å². The maximum Gasteiger partial charge on any atom is 0.120 e. The molecule has 0 unspecified atom stereocenters. The van der Waals surface area contributed by atoms with E-state index in [4.69, 9.17) is 0 Å². The molecule has 0 amide bonds. The van der Waals surface area contributed by atoms with Crippen molar-refractivity contribution in [3.8, 4) is 0 Å². The zero-order valence-electron chi connectivity index (χ0n) is 9.22. The number of carbonyl (C=O) groups is 1. The number of hydrogen-bond acceptors (Lipinski definition) is 1. The summed E-state index contributed by atoms with van der Waals surface area (Å²) in [6.07, 6.45) is 11.0. The molecule has 0 aromatic rings. The predicted molar refractivity (Wildman–Crippen MR) is 57.8 cm³/mol. The summed E-state index contributed by atoms with van der Waals surface area (Å²) in [5, 5.41) is 0. The lowest BCUT2D eigenvalue weighted by molar-refractivity contribution is -0.108. The molecule has 0 aromatic carbocycles. The number of unbranched alkanes of at least 4 members (excludes halogenated alkanes) is 4. The van der Waals surface area contributed by atoms with Crippen molar-refractivity contribution in [3.63, 3.8) is 0 Å². The van der Waals surface area contributed by atoms with Crippen molar-refractivity contribution in [2.75, 3.05) is 0 Å². The van der Waals surface area contributed by atoms with Crippen LogP contribution in [-0.4, -0.2) is 6.29 Å². The quantitative estimate of drug-likeness (QED) is 0.391. The highest BCUT2D eigenvalue weighted by atomic mass is 16.1. The summed E-state index contributed by atoms with van der Waals surface area (Å²) in [6.45, 7) is 4.42. The van der Waals surface area contributed by atoms with Crippen LogP contribution in [0.1, 0.15) is 65.2 Å². The minimum absolute atomic E-state index is 0.652. The van der Waals surface area contributed by atoms with Gasteiger partial charge < -0.3 is 4.79 Å². The van der Waals surface area contributed by atoms with Gasteiger partial charge in [-0.2, -0.15) is 0 Å². The average molecular weight is 184 g/mol. The molecule has 0 heterocycles. The Balaban J connectivity index is 3.22. The molecule has 0 saturated heterocycles. The van der Waals surface area contributed by atoms with Gasteiger partial charge in [0.15, 0.2) is 0 Å². The Bertz CT molecular complexity index is 110. The summed E-state index contributed by atoms with van der Waals surface area (Å²) in [7, 11) is 0. The number of hydrogen-bond donors (Lipinski definition) is 0. The first-order chi connectivity index (χ1) is 6.35. The van der Waals surface area contributed by atoms with Crippen LogP contribution in [-0.2, 0) is 4.79 Å². The van der Waals surface area contributed by atoms with Crippen molar-refractivity contribution in [1.29, 1.82) is 0 Å². The van der Waals surface area contributed by atoms with Gasteiger partial charge in [-0.15, -0.1) is 0 Å². The number of rotatable bonds is 9. The molecular weight excluding hydrogens is 160 g/mol. The molecule has 1 heteroatoms. The van der Waals surface area contributed by atoms with Crippen molar-refractivity contribution >= 4 is 6.29 Å². The standard InChI is InChI=1S/C12H24O/c1-3-5-6-7-8-9-12(4-2)10-11-13/h11-12H,3-10H2,1-2H3/t12-/m1/s1. The van der Waals surface area contributed by atoms with E-state index in [1.807, 2.05) is 0 Å². The summed E-state index contributed by atoms with van der Waals surface area (Å²) in [6, 6.07) is 0. The van der Waals surface area contributed by atoms with Crippen molar-refractivity contribution in [1.82, 2.24) is 0 Å². The Morgan fingerprint density at radius 2 is 1.77 bits per heavy atom. The second kappa shape index (κ2) is 9.76. The fraction of sp³-hybridized carbons (Fsp3) is 0.917. The Labute approximate surface area is 82.9 Å². The first kappa shape index (κ1) is 12.7.